The van der Waals surface area contributed by atoms with Gasteiger partial charge in [-0.25, -0.2) is 9.97 Å². The summed E-state index contributed by atoms with van der Waals surface area (Å²) < 4.78 is 2.29. The van der Waals surface area contributed by atoms with Crippen molar-refractivity contribution in [3.8, 4) is 50.6 Å². The first-order valence-electron chi connectivity index (χ1n) is 21.8. The zero-order valence-electron chi connectivity index (χ0n) is 33.0. The predicted molar refractivity (Wildman–Crippen MR) is 244 cm³/mol. The first-order valence-corrected chi connectivity index (χ1v) is 21.8. The number of fused-ring (bicyclic) bond motifs is 13. The summed E-state index contributed by atoms with van der Waals surface area (Å²) in [5.74, 6) is 4.37. The van der Waals surface area contributed by atoms with E-state index >= 15 is 0 Å². The third kappa shape index (κ3) is 3.67. The zero-order valence-corrected chi connectivity index (χ0v) is 33.0. The molecule has 4 atom stereocenters. The molecule has 4 fully saturated rings. The van der Waals surface area contributed by atoms with E-state index in [9.17, 15) is 0 Å². The molecule has 5 aliphatic carbocycles. The Balaban J connectivity index is 0.915. The van der Waals surface area contributed by atoms with E-state index in [4.69, 9.17) is 9.97 Å². The van der Waals surface area contributed by atoms with Crippen LogP contribution in [-0.4, -0.2) is 14.5 Å². The third-order valence-electron chi connectivity index (χ3n) is 16.5. The molecular weight excluding hydrogens is 727 g/mol. The van der Waals surface area contributed by atoms with E-state index in [1.807, 2.05) is 0 Å². The van der Waals surface area contributed by atoms with Gasteiger partial charge in [-0.15, -0.1) is 0 Å². The van der Waals surface area contributed by atoms with Gasteiger partial charge < -0.3 is 0 Å². The Morgan fingerprint density at radius 2 is 1.10 bits per heavy atom. The Morgan fingerprint density at radius 3 is 1.95 bits per heavy atom. The lowest BCUT2D eigenvalue weighted by Gasteiger charge is -2.92. The van der Waals surface area contributed by atoms with Crippen LogP contribution in [0, 0.1) is 29.1 Å². The molecule has 2 heterocycles. The van der Waals surface area contributed by atoms with E-state index in [1.165, 1.54) is 74.2 Å². The molecule has 0 bridgehead atoms. The van der Waals surface area contributed by atoms with Crippen LogP contribution in [0.25, 0.3) is 94.1 Å². The van der Waals surface area contributed by atoms with Gasteiger partial charge in [0.2, 0.25) is 5.95 Å². The van der Waals surface area contributed by atoms with Crippen molar-refractivity contribution < 1.29 is 0 Å². The highest BCUT2D eigenvalue weighted by molar-refractivity contribution is 6.22. The van der Waals surface area contributed by atoms with Gasteiger partial charge in [-0.1, -0.05) is 146 Å². The minimum Gasteiger partial charge on any atom is -0.278 e. The topological polar surface area (TPSA) is 30.7 Å². The van der Waals surface area contributed by atoms with Gasteiger partial charge in [-0.3, -0.25) is 4.57 Å². The van der Waals surface area contributed by atoms with Crippen molar-refractivity contribution >= 4 is 43.5 Å². The molecular formula is C57H39N3. The quantitative estimate of drug-likeness (QED) is 0.179. The molecule has 8 aromatic carbocycles. The van der Waals surface area contributed by atoms with Gasteiger partial charge in [0.15, 0.2) is 0 Å². The fourth-order valence-corrected chi connectivity index (χ4v) is 14.2. The van der Waals surface area contributed by atoms with E-state index in [-0.39, 0.29) is 5.41 Å². The van der Waals surface area contributed by atoms with Gasteiger partial charge in [-0.05, 0) is 134 Å². The van der Waals surface area contributed by atoms with E-state index in [1.54, 1.807) is 11.1 Å². The molecule has 4 saturated carbocycles. The molecule has 10 aromatic rings. The van der Waals surface area contributed by atoms with E-state index in [2.05, 4.69) is 180 Å². The summed E-state index contributed by atoms with van der Waals surface area (Å²) in [6.07, 6.45) is 4.36. The number of benzene rings is 8. The molecule has 0 radical (unpaired) electrons. The standard InChI is InChI=1S/C57H39N3/c1-2-10-33(11-3-1)34-18-20-36(21-19-34)54-43-15-7-9-17-48(43)58-55(59-54)60-49-26-24-38(29-45(49)53-41-13-5-4-12-35(41)23-27-50(53)60)37-22-25-47-44(28-37)42-14-6-8-16-46(42)57(47)51-31-39-30-40-32-52(57)56(39,40)51/h1-29,39-40,51-52H,30-32H2. The number of aromatic nitrogens is 3. The van der Waals surface area contributed by atoms with Crippen LogP contribution in [0.15, 0.2) is 176 Å². The Kier molecular flexibility index (Phi) is 5.90. The number of nitrogens with zero attached hydrogens (tertiary/aromatic N) is 3. The van der Waals surface area contributed by atoms with Gasteiger partial charge in [0, 0.05) is 27.1 Å². The molecule has 5 aliphatic rings. The molecule has 2 spiro atoms. The van der Waals surface area contributed by atoms with Crippen molar-refractivity contribution in [1.29, 1.82) is 0 Å². The summed E-state index contributed by atoms with van der Waals surface area (Å²) in [6, 6.07) is 65.1. The second-order valence-corrected chi connectivity index (χ2v) is 18.5. The highest BCUT2D eigenvalue weighted by atomic mass is 15.2. The average Bonchev–Trinajstić information content (AvgIpc) is 3.78. The maximum atomic E-state index is 5.46. The van der Waals surface area contributed by atoms with Crippen molar-refractivity contribution in [1.82, 2.24) is 14.5 Å². The summed E-state index contributed by atoms with van der Waals surface area (Å²) in [7, 11) is 0. The van der Waals surface area contributed by atoms with Gasteiger partial charge in [0.1, 0.15) is 0 Å². The zero-order chi connectivity index (χ0) is 38.9. The molecule has 60 heavy (non-hydrogen) atoms. The van der Waals surface area contributed by atoms with E-state index < -0.39 is 0 Å². The average molecular weight is 766 g/mol. The van der Waals surface area contributed by atoms with Crippen LogP contribution in [0.4, 0.5) is 0 Å². The van der Waals surface area contributed by atoms with Crippen LogP contribution in [0.1, 0.15) is 30.4 Å². The number of hydrogen-bond acceptors (Lipinski definition) is 2. The second kappa shape index (κ2) is 11.0. The maximum Gasteiger partial charge on any atom is 0.235 e. The second-order valence-electron chi connectivity index (χ2n) is 18.5. The highest BCUT2D eigenvalue weighted by Gasteiger charge is 2.90. The summed E-state index contributed by atoms with van der Waals surface area (Å²) in [6.45, 7) is 0. The Labute approximate surface area is 348 Å². The van der Waals surface area contributed by atoms with Crippen molar-refractivity contribution in [2.75, 3.05) is 0 Å². The van der Waals surface area contributed by atoms with Crippen molar-refractivity contribution in [3.63, 3.8) is 0 Å². The lowest BCUT2D eigenvalue weighted by atomic mass is 9.11. The molecule has 282 valence electrons. The summed E-state index contributed by atoms with van der Waals surface area (Å²) in [5, 5.41) is 5.97. The molecule has 0 aliphatic heterocycles. The predicted octanol–water partition coefficient (Wildman–Crippen LogP) is 13.8. The van der Waals surface area contributed by atoms with Crippen LogP contribution in [0.3, 0.4) is 0 Å². The normalized spacial score (nSPS) is 24.9. The summed E-state index contributed by atoms with van der Waals surface area (Å²) in [5.41, 5.74) is 17.2. The van der Waals surface area contributed by atoms with Gasteiger partial charge >= 0.3 is 0 Å². The third-order valence-corrected chi connectivity index (χ3v) is 16.5. The summed E-state index contributed by atoms with van der Waals surface area (Å²) in [4.78, 5) is 10.8. The first-order chi connectivity index (χ1) is 29.7. The number of rotatable bonds is 4. The molecule has 15 rings (SSSR count). The molecule has 0 N–H and O–H groups in total. The molecule has 2 aromatic heterocycles. The van der Waals surface area contributed by atoms with E-state index in [0.29, 0.717) is 11.4 Å². The minimum absolute atomic E-state index is 0.233. The van der Waals surface area contributed by atoms with Gasteiger partial charge in [0.05, 0.1) is 22.2 Å². The van der Waals surface area contributed by atoms with E-state index in [0.717, 1.165) is 56.9 Å². The van der Waals surface area contributed by atoms with Crippen LogP contribution in [0.2, 0.25) is 0 Å². The van der Waals surface area contributed by atoms with Crippen LogP contribution in [-0.2, 0) is 5.41 Å². The Morgan fingerprint density at radius 1 is 0.450 bits per heavy atom. The maximum absolute atomic E-state index is 5.46. The van der Waals surface area contributed by atoms with Crippen molar-refractivity contribution in [3.05, 3.63) is 187 Å². The highest BCUT2D eigenvalue weighted by Crippen LogP contribution is 2.94. The molecule has 0 amide bonds. The number of para-hydroxylation sites is 1. The van der Waals surface area contributed by atoms with Crippen LogP contribution < -0.4 is 0 Å². The molecule has 0 saturated heterocycles. The summed E-state index contributed by atoms with van der Waals surface area (Å²) >= 11 is 0. The first kappa shape index (κ1) is 32.1. The van der Waals surface area contributed by atoms with Crippen LogP contribution in [0.5, 0.6) is 0 Å². The SMILES string of the molecule is c1ccc(-c2ccc(-c3nc(-n4c5ccc(-c6ccc7c(c6)-c6ccccc6C76C7CC8CC9CC6C897)cc5c5c6ccccc6ccc54)nc4ccccc34)cc2)cc1. The lowest BCUT2D eigenvalue weighted by molar-refractivity contribution is -0.412. The lowest BCUT2D eigenvalue weighted by Crippen LogP contribution is -2.88. The smallest absolute Gasteiger partial charge is 0.235 e. The van der Waals surface area contributed by atoms with Crippen molar-refractivity contribution in [2.24, 2.45) is 29.1 Å². The van der Waals surface area contributed by atoms with Gasteiger partial charge in [-0.2, -0.15) is 0 Å². The molecule has 3 nitrogen and oxygen atoms in total. The minimum atomic E-state index is 0.233. The largest absolute Gasteiger partial charge is 0.278 e. The number of hydrogen-bond donors (Lipinski definition) is 0. The van der Waals surface area contributed by atoms with Gasteiger partial charge in [0.25, 0.3) is 0 Å². The fraction of sp³-hybridized carbons (Fsp3) is 0.158. The molecule has 4 unspecified atom stereocenters. The molecule has 3 heteroatoms. The monoisotopic (exact) mass is 765 g/mol. The van der Waals surface area contributed by atoms with Crippen LogP contribution >= 0.6 is 0 Å². The Hall–Kier alpha value is -6.84. The van der Waals surface area contributed by atoms with Crippen molar-refractivity contribution in [2.45, 2.75) is 24.7 Å². The fourth-order valence-electron chi connectivity index (χ4n) is 14.2. The Bertz CT molecular complexity index is 3480.